The zero-order valence-corrected chi connectivity index (χ0v) is 10.6. The van der Waals surface area contributed by atoms with Crippen LogP contribution in [0.2, 0.25) is 0 Å². The number of Topliss-reactive ketones (excluding diaryl/α,β-unsaturated/α-hetero) is 1. The van der Waals surface area contributed by atoms with Crippen LogP contribution in [-0.2, 0) is 4.79 Å². The van der Waals surface area contributed by atoms with Gasteiger partial charge in [-0.05, 0) is 25.4 Å². The van der Waals surface area contributed by atoms with Crippen LogP contribution in [0, 0.1) is 0 Å². The van der Waals surface area contributed by atoms with Crippen LogP contribution in [-0.4, -0.2) is 28.8 Å². The third-order valence-corrected chi connectivity index (χ3v) is 4.47. The molecule has 0 radical (unpaired) electrons. The molecule has 0 rings (SSSR count). The van der Waals surface area contributed by atoms with Crippen LogP contribution < -0.4 is 0 Å². The molecule has 3 heteroatoms. The molecule has 0 aliphatic carbocycles. The lowest BCUT2D eigenvalue weighted by atomic mass is 10.1. The number of rotatable bonds is 7. The van der Waals surface area contributed by atoms with Gasteiger partial charge in [-0.25, -0.2) is 0 Å². The zero-order valence-electron chi connectivity index (χ0n) is 9.00. The molecule has 0 aliphatic rings. The van der Waals surface area contributed by atoms with Gasteiger partial charge in [0.05, 0.1) is 5.25 Å². The number of carbonyl (C=O) groups is 1. The minimum absolute atomic E-state index is 0.224. The summed E-state index contributed by atoms with van der Waals surface area (Å²) in [6.07, 6.45) is 7.03. The van der Waals surface area contributed by atoms with Crippen molar-refractivity contribution in [1.29, 1.82) is 0 Å². The van der Waals surface area contributed by atoms with Gasteiger partial charge >= 0.3 is 0 Å². The highest BCUT2D eigenvalue weighted by molar-refractivity contribution is 8.00. The van der Waals surface area contributed by atoms with Gasteiger partial charge in [-0.15, -0.1) is 0 Å². The van der Waals surface area contributed by atoms with E-state index >= 15 is 0 Å². The average Bonchev–Trinajstić information content (AvgIpc) is 2.19. The van der Waals surface area contributed by atoms with Gasteiger partial charge in [-0.1, -0.05) is 13.8 Å². The van der Waals surface area contributed by atoms with E-state index in [0.717, 1.165) is 12.8 Å². The first kappa shape index (κ1) is 13.4. The molecule has 0 heterocycles. The van der Waals surface area contributed by atoms with E-state index in [9.17, 15) is 4.79 Å². The summed E-state index contributed by atoms with van der Waals surface area (Å²) >= 11 is 3.57. The van der Waals surface area contributed by atoms with E-state index in [4.69, 9.17) is 0 Å². The molecule has 0 N–H and O–H groups in total. The van der Waals surface area contributed by atoms with Crippen LogP contribution in [0.15, 0.2) is 0 Å². The largest absolute Gasteiger partial charge is 0.298 e. The van der Waals surface area contributed by atoms with Gasteiger partial charge in [-0.2, -0.15) is 23.5 Å². The molecule has 0 spiro atoms. The smallest absolute Gasteiger partial charge is 0.145 e. The lowest BCUT2D eigenvalue weighted by molar-refractivity contribution is -0.118. The standard InChI is InChI=1S/C10H20OS2/c1-5-8(12-3)7-10(13-4)9(11)6-2/h8,10H,5-7H2,1-4H3. The van der Waals surface area contributed by atoms with Gasteiger partial charge in [0.25, 0.3) is 0 Å². The second kappa shape index (κ2) is 7.74. The molecule has 2 unspecified atom stereocenters. The molecular formula is C10H20OS2. The number of hydrogen-bond donors (Lipinski definition) is 0. The summed E-state index contributed by atoms with van der Waals surface area (Å²) in [5.74, 6) is 0.403. The van der Waals surface area contributed by atoms with E-state index in [-0.39, 0.29) is 5.25 Å². The van der Waals surface area contributed by atoms with Crippen LogP contribution in [0.3, 0.4) is 0 Å². The van der Waals surface area contributed by atoms with Gasteiger partial charge in [-0.3, -0.25) is 4.79 Å². The Hall–Kier alpha value is 0.370. The number of carbonyl (C=O) groups excluding carboxylic acids is 1. The fourth-order valence-corrected chi connectivity index (χ4v) is 2.95. The first-order valence-electron chi connectivity index (χ1n) is 4.77. The molecule has 13 heavy (non-hydrogen) atoms. The van der Waals surface area contributed by atoms with Crippen LogP contribution in [0.25, 0.3) is 0 Å². The van der Waals surface area contributed by atoms with Gasteiger partial charge in [0.15, 0.2) is 0 Å². The predicted molar refractivity (Wildman–Crippen MR) is 64.8 cm³/mol. The van der Waals surface area contributed by atoms with Crippen LogP contribution in [0.4, 0.5) is 0 Å². The van der Waals surface area contributed by atoms with Crippen LogP contribution in [0.5, 0.6) is 0 Å². The van der Waals surface area contributed by atoms with Gasteiger partial charge in [0.2, 0.25) is 0 Å². The summed E-state index contributed by atoms with van der Waals surface area (Å²) in [5.41, 5.74) is 0. The molecule has 0 aromatic heterocycles. The molecule has 78 valence electrons. The number of ketones is 1. The van der Waals surface area contributed by atoms with Crippen molar-refractivity contribution in [3.8, 4) is 0 Å². The lowest BCUT2D eigenvalue weighted by Crippen LogP contribution is -2.20. The van der Waals surface area contributed by atoms with E-state index < -0.39 is 0 Å². The van der Waals surface area contributed by atoms with Crippen molar-refractivity contribution in [2.75, 3.05) is 12.5 Å². The Labute approximate surface area is 90.4 Å². The monoisotopic (exact) mass is 220 g/mol. The predicted octanol–water partition coefficient (Wildman–Crippen LogP) is 3.23. The summed E-state index contributed by atoms with van der Waals surface area (Å²) in [5, 5.41) is 0.871. The molecular weight excluding hydrogens is 200 g/mol. The molecule has 0 saturated carbocycles. The maximum atomic E-state index is 11.5. The molecule has 0 saturated heterocycles. The van der Waals surface area contributed by atoms with E-state index in [1.54, 1.807) is 11.8 Å². The lowest BCUT2D eigenvalue weighted by Gasteiger charge is -2.18. The first-order chi connectivity index (χ1) is 6.19. The normalized spacial score (nSPS) is 15.4. The minimum atomic E-state index is 0.224. The Morgan fingerprint density at radius 1 is 1.23 bits per heavy atom. The average molecular weight is 220 g/mol. The maximum Gasteiger partial charge on any atom is 0.145 e. The Morgan fingerprint density at radius 3 is 2.15 bits per heavy atom. The third kappa shape index (κ3) is 4.96. The molecule has 0 bridgehead atoms. The Balaban J connectivity index is 4.02. The van der Waals surface area contributed by atoms with E-state index in [1.807, 2.05) is 24.9 Å². The first-order valence-corrected chi connectivity index (χ1v) is 7.35. The summed E-state index contributed by atoms with van der Waals surface area (Å²) in [6, 6.07) is 0. The summed E-state index contributed by atoms with van der Waals surface area (Å²) < 4.78 is 0. The maximum absolute atomic E-state index is 11.5. The van der Waals surface area contributed by atoms with E-state index in [2.05, 4.69) is 13.2 Å². The molecule has 2 atom stereocenters. The highest BCUT2D eigenvalue weighted by atomic mass is 32.2. The molecule has 0 aromatic rings. The molecule has 0 aliphatic heterocycles. The van der Waals surface area contributed by atoms with Crippen molar-refractivity contribution in [1.82, 2.24) is 0 Å². The SMILES string of the molecule is CCC(=O)C(CC(CC)SC)SC. The minimum Gasteiger partial charge on any atom is -0.298 e. The second-order valence-corrected chi connectivity index (χ2v) is 5.22. The van der Waals surface area contributed by atoms with Crippen molar-refractivity contribution < 1.29 is 4.79 Å². The van der Waals surface area contributed by atoms with Crippen LogP contribution in [0.1, 0.15) is 33.1 Å². The Kier molecular flexibility index (Phi) is 7.96. The van der Waals surface area contributed by atoms with Crippen molar-refractivity contribution in [2.24, 2.45) is 0 Å². The Morgan fingerprint density at radius 2 is 1.85 bits per heavy atom. The second-order valence-electron chi connectivity index (χ2n) is 3.05. The fourth-order valence-electron chi connectivity index (χ4n) is 1.26. The van der Waals surface area contributed by atoms with E-state index in [0.29, 0.717) is 17.5 Å². The number of hydrogen-bond acceptors (Lipinski definition) is 3. The summed E-state index contributed by atoms with van der Waals surface area (Å²) in [6.45, 7) is 4.14. The van der Waals surface area contributed by atoms with Crippen LogP contribution >= 0.6 is 23.5 Å². The quantitative estimate of drug-likeness (QED) is 0.656. The third-order valence-electron chi connectivity index (χ3n) is 2.26. The zero-order chi connectivity index (χ0) is 10.3. The topological polar surface area (TPSA) is 17.1 Å². The van der Waals surface area contributed by atoms with Gasteiger partial charge < -0.3 is 0 Å². The van der Waals surface area contributed by atoms with Crippen molar-refractivity contribution in [3.05, 3.63) is 0 Å². The Bertz CT molecular complexity index is 144. The highest BCUT2D eigenvalue weighted by Gasteiger charge is 2.19. The molecule has 0 aromatic carbocycles. The van der Waals surface area contributed by atoms with Crippen molar-refractivity contribution >= 4 is 29.3 Å². The molecule has 0 amide bonds. The van der Waals surface area contributed by atoms with E-state index in [1.165, 1.54) is 0 Å². The van der Waals surface area contributed by atoms with Crippen molar-refractivity contribution in [3.63, 3.8) is 0 Å². The van der Waals surface area contributed by atoms with Gasteiger partial charge in [0.1, 0.15) is 5.78 Å². The molecule has 1 nitrogen and oxygen atoms in total. The summed E-state index contributed by atoms with van der Waals surface area (Å²) in [7, 11) is 0. The fraction of sp³-hybridized carbons (Fsp3) is 0.900. The molecule has 0 fully saturated rings. The number of thioether (sulfide) groups is 2. The van der Waals surface area contributed by atoms with Crippen molar-refractivity contribution in [2.45, 2.75) is 43.6 Å². The summed E-state index contributed by atoms with van der Waals surface area (Å²) in [4.78, 5) is 11.5. The highest BCUT2D eigenvalue weighted by Crippen LogP contribution is 2.23. The van der Waals surface area contributed by atoms with Gasteiger partial charge in [0, 0.05) is 11.7 Å².